The number of nitrogens with zero attached hydrogens (tertiary/aromatic N) is 4. The van der Waals surface area contributed by atoms with E-state index in [4.69, 9.17) is 0 Å². The van der Waals surface area contributed by atoms with Crippen LogP contribution in [0.3, 0.4) is 0 Å². The number of tetrazole rings is 1. The van der Waals surface area contributed by atoms with Gasteiger partial charge in [0.25, 0.3) is 5.69 Å². The summed E-state index contributed by atoms with van der Waals surface area (Å²) in [4.78, 5) is 21.9. The van der Waals surface area contributed by atoms with Crippen LogP contribution < -0.4 is 0 Å². The van der Waals surface area contributed by atoms with Crippen molar-refractivity contribution < 1.29 is 9.72 Å². The summed E-state index contributed by atoms with van der Waals surface area (Å²) in [5.74, 6) is -0.138. The highest BCUT2D eigenvalue weighted by Crippen LogP contribution is 2.15. The standard InChI is InChI=1S/C13H9NO3.CH2N4/c15-13(10-4-2-1-3-5-10)11-6-8-12(9-7-11)14(16)17;1-2-4-5-3-1/h1-9H;1H,(H,2,3,4,5). The lowest BCUT2D eigenvalue weighted by atomic mass is 10.0. The van der Waals surface area contributed by atoms with E-state index in [0.29, 0.717) is 11.1 Å². The molecular weight excluding hydrogens is 286 g/mol. The van der Waals surface area contributed by atoms with E-state index >= 15 is 0 Å². The molecule has 1 N–H and O–H groups in total. The lowest BCUT2D eigenvalue weighted by molar-refractivity contribution is -0.384. The minimum absolute atomic E-state index is 0.0189. The molecule has 0 unspecified atom stereocenters. The van der Waals surface area contributed by atoms with Crippen LogP contribution in [0, 0.1) is 10.1 Å². The first-order chi connectivity index (χ1) is 10.7. The van der Waals surface area contributed by atoms with Crippen LogP contribution in [0.15, 0.2) is 60.9 Å². The minimum Gasteiger partial charge on any atom is -0.289 e. The summed E-state index contributed by atoms with van der Waals surface area (Å²) in [6.45, 7) is 0. The van der Waals surface area contributed by atoms with Crippen molar-refractivity contribution in [2.24, 2.45) is 0 Å². The molecule has 1 heterocycles. The van der Waals surface area contributed by atoms with E-state index in [1.165, 1.54) is 30.6 Å². The van der Waals surface area contributed by atoms with E-state index < -0.39 is 4.92 Å². The molecule has 8 heteroatoms. The molecule has 0 atom stereocenters. The molecular formula is C14H11N5O3. The topological polar surface area (TPSA) is 115 Å². The van der Waals surface area contributed by atoms with Crippen molar-refractivity contribution in [3.8, 4) is 0 Å². The second-order valence-corrected chi connectivity index (χ2v) is 4.06. The number of hydrogen-bond acceptors (Lipinski definition) is 6. The molecule has 2 aromatic carbocycles. The van der Waals surface area contributed by atoms with Gasteiger partial charge in [0.1, 0.15) is 0 Å². The van der Waals surface area contributed by atoms with Crippen LogP contribution in [0.5, 0.6) is 0 Å². The molecule has 8 nitrogen and oxygen atoms in total. The number of aromatic nitrogens is 4. The Morgan fingerprint density at radius 3 is 2.09 bits per heavy atom. The quantitative estimate of drug-likeness (QED) is 0.449. The Hall–Kier alpha value is -3.42. The molecule has 0 fully saturated rings. The highest BCUT2D eigenvalue weighted by Gasteiger charge is 2.10. The third-order valence-corrected chi connectivity index (χ3v) is 2.65. The third-order valence-electron chi connectivity index (χ3n) is 2.65. The number of nitrogens with one attached hydrogen (secondary N) is 1. The first kappa shape index (κ1) is 15.0. The maximum Gasteiger partial charge on any atom is 0.269 e. The largest absolute Gasteiger partial charge is 0.289 e. The number of benzene rings is 2. The summed E-state index contributed by atoms with van der Waals surface area (Å²) >= 11 is 0. The van der Waals surface area contributed by atoms with Gasteiger partial charge in [-0.3, -0.25) is 14.9 Å². The van der Waals surface area contributed by atoms with Gasteiger partial charge in [0.05, 0.1) is 4.92 Å². The van der Waals surface area contributed by atoms with E-state index in [0.717, 1.165) is 0 Å². The van der Waals surface area contributed by atoms with E-state index in [9.17, 15) is 14.9 Å². The van der Waals surface area contributed by atoms with Gasteiger partial charge in [-0.2, -0.15) is 5.21 Å². The summed E-state index contributed by atoms with van der Waals surface area (Å²) in [6.07, 6.45) is 1.33. The average Bonchev–Trinajstić information content (AvgIpc) is 3.15. The molecule has 0 bridgehead atoms. The number of rotatable bonds is 3. The van der Waals surface area contributed by atoms with Crippen molar-refractivity contribution in [3.05, 3.63) is 82.2 Å². The molecule has 0 radical (unpaired) electrons. The second kappa shape index (κ2) is 7.39. The monoisotopic (exact) mass is 297 g/mol. The molecule has 1 aromatic heterocycles. The summed E-state index contributed by atoms with van der Waals surface area (Å²) in [7, 11) is 0. The molecule has 3 aromatic rings. The Kier molecular flexibility index (Phi) is 5.03. The third kappa shape index (κ3) is 4.04. The first-order valence-corrected chi connectivity index (χ1v) is 6.19. The molecule has 0 aliphatic carbocycles. The number of ketones is 1. The molecule has 110 valence electrons. The molecule has 0 saturated heterocycles. The van der Waals surface area contributed by atoms with Crippen molar-refractivity contribution in [1.29, 1.82) is 0 Å². The van der Waals surface area contributed by atoms with Gasteiger partial charge in [-0.1, -0.05) is 35.5 Å². The molecule has 0 aliphatic heterocycles. The summed E-state index contributed by atoms with van der Waals surface area (Å²) in [5.41, 5.74) is 0.998. The Morgan fingerprint density at radius 2 is 1.64 bits per heavy atom. The van der Waals surface area contributed by atoms with Gasteiger partial charge in [0.15, 0.2) is 12.1 Å². The van der Waals surface area contributed by atoms with Crippen molar-refractivity contribution in [1.82, 2.24) is 20.6 Å². The molecule has 0 aliphatic rings. The Labute approximate surface area is 125 Å². The number of nitro groups is 1. The average molecular weight is 297 g/mol. The van der Waals surface area contributed by atoms with Gasteiger partial charge < -0.3 is 0 Å². The molecule has 3 rings (SSSR count). The lowest BCUT2D eigenvalue weighted by Crippen LogP contribution is -2.00. The number of H-pyrrole nitrogens is 1. The number of non-ortho nitro benzene ring substituents is 1. The van der Waals surface area contributed by atoms with Crippen LogP contribution >= 0.6 is 0 Å². The highest BCUT2D eigenvalue weighted by molar-refractivity contribution is 6.09. The van der Waals surface area contributed by atoms with Gasteiger partial charge in [0, 0.05) is 23.3 Å². The molecule has 0 amide bonds. The van der Waals surface area contributed by atoms with E-state index in [1.54, 1.807) is 24.3 Å². The second-order valence-electron chi connectivity index (χ2n) is 4.06. The fourth-order valence-corrected chi connectivity index (χ4v) is 1.62. The molecule has 22 heavy (non-hydrogen) atoms. The Bertz CT molecular complexity index is 710. The van der Waals surface area contributed by atoms with Gasteiger partial charge in [-0.15, -0.1) is 10.2 Å². The normalized spacial score (nSPS) is 9.45. The number of hydrogen-bond donors (Lipinski definition) is 1. The first-order valence-electron chi connectivity index (χ1n) is 6.19. The predicted molar refractivity (Wildman–Crippen MR) is 77.1 cm³/mol. The zero-order valence-corrected chi connectivity index (χ0v) is 11.3. The minimum atomic E-state index is -0.489. The maximum absolute atomic E-state index is 12.0. The number of nitro benzene ring substituents is 1. The van der Waals surface area contributed by atoms with Crippen LogP contribution in [0.25, 0.3) is 0 Å². The number of carbonyl (C=O) groups is 1. The predicted octanol–water partition coefficient (Wildman–Crippen LogP) is 2.03. The van der Waals surface area contributed by atoms with Gasteiger partial charge in [-0.05, 0) is 12.1 Å². The summed E-state index contributed by atoms with van der Waals surface area (Å²) < 4.78 is 0. The van der Waals surface area contributed by atoms with Crippen molar-refractivity contribution >= 4 is 11.5 Å². The molecule has 0 saturated carbocycles. The smallest absolute Gasteiger partial charge is 0.269 e. The fourth-order valence-electron chi connectivity index (χ4n) is 1.62. The van der Waals surface area contributed by atoms with Crippen LogP contribution in [-0.2, 0) is 0 Å². The number of aromatic amines is 1. The van der Waals surface area contributed by atoms with Crippen molar-refractivity contribution in [3.63, 3.8) is 0 Å². The highest BCUT2D eigenvalue weighted by atomic mass is 16.6. The van der Waals surface area contributed by atoms with Crippen molar-refractivity contribution in [2.45, 2.75) is 0 Å². The van der Waals surface area contributed by atoms with Gasteiger partial charge >= 0.3 is 0 Å². The van der Waals surface area contributed by atoms with Crippen molar-refractivity contribution in [2.75, 3.05) is 0 Å². The Morgan fingerprint density at radius 1 is 1.00 bits per heavy atom. The lowest BCUT2D eigenvalue weighted by Gasteiger charge is -2.00. The zero-order chi connectivity index (χ0) is 15.8. The van der Waals surface area contributed by atoms with Crippen LogP contribution in [0.2, 0.25) is 0 Å². The zero-order valence-electron chi connectivity index (χ0n) is 11.3. The number of carbonyl (C=O) groups excluding carboxylic acids is 1. The SMILES string of the molecule is O=C(c1ccccc1)c1ccc([N+](=O)[O-])cc1.c1nn[nH]n1. The Balaban J connectivity index is 0.000000299. The van der Waals surface area contributed by atoms with E-state index in [-0.39, 0.29) is 11.5 Å². The molecule has 0 spiro atoms. The summed E-state index contributed by atoms with van der Waals surface area (Å²) in [5, 5.41) is 22.6. The van der Waals surface area contributed by atoms with Gasteiger partial charge in [0.2, 0.25) is 0 Å². The van der Waals surface area contributed by atoms with E-state index in [2.05, 4.69) is 20.6 Å². The van der Waals surface area contributed by atoms with Crippen LogP contribution in [0.4, 0.5) is 5.69 Å². The van der Waals surface area contributed by atoms with Gasteiger partial charge in [-0.25, -0.2) is 0 Å². The van der Waals surface area contributed by atoms with Crippen LogP contribution in [-0.4, -0.2) is 31.3 Å². The van der Waals surface area contributed by atoms with E-state index in [1.807, 2.05) is 6.07 Å². The van der Waals surface area contributed by atoms with Crippen LogP contribution in [0.1, 0.15) is 15.9 Å². The summed E-state index contributed by atoms with van der Waals surface area (Å²) in [6, 6.07) is 14.4. The maximum atomic E-state index is 12.0. The fraction of sp³-hybridized carbons (Fsp3) is 0.